The minimum absolute atomic E-state index is 0.128. The first-order valence-electron chi connectivity index (χ1n) is 8.53. The summed E-state index contributed by atoms with van der Waals surface area (Å²) in [6.07, 6.45) is -0.643. The summed E-state index contributed by atoms with van der Waals surface area (Å²) in [5.74, 6) is 1.90. The Morgan fingerprint density at radius 1 is 1.19 bits per heavy atom. The number of aryl methyl sites for hydroxylation is 1. The summed E-state index contributed by atoms with van der Waals surface area (Å²) in [5, 5.41) is 6.67. The molecule has 1 amide bonds. The number of ether oxygens (including phenoxy) is 2. The summed E-state index contributed by atoms with van der Waals surface area (Å²) in [6.45, 7) is 3.78. The number of benzene rings is 2. The van der Waals surface area contributed by atoms with Crippen LogP contribution in [0.25, 0.3) is 11.4 Å². The highest BCUT2D eigenvalue weighted by Gasteiger charge is 2.16. The number of rotatable bonds is 7. The van der Waals surface area contributed by atoms with Crippen molar-refractivity contribution in [3.63, 3.8) is 0 Å². The molecular weight excluding hydrogens is 346 g/mol. The van der Waals surface area contributed by atoms with E-state index in [0.717, 1.165) is 16.9 Å². The van der Waals surface area contributed by atoms with Crippen LogP contribution in [-0.2, 0) is 11.3 Å². The number of amides is 1. The first-order chi connectivity index (χ1) is 13.0. The van der Waals surface area contributed by atoms with Gasteiger partial charge in [0.1, 0.15) is 11.5 Å². The molecule has 3 rings (SSSR count). The topological polar surface area (TPSA) is 86.5 Å². The van der Waals surface area contributed by atoms with E-state index in [1.165, 1.54) is 0 Å². The molecular formula is C20H21N3O4. The summed E-state index contributed by atoms with van der Waals surface area (Å²) in [6, 6.07) is 14.9. The third-order valence-electron chi connectivity index (χ3n) is 3.90. The van der Waals surface area contributed by atoms with Gasteiger partial charge >= 0.3 is 0 Å². The van der Waals surface area contributed by atoms with Gasteiger partial charge in [-0.25, -0.2) is 0 Å². The minimum Gasteiger partial charge on any atom is -0.497 e. The molecule has 1 atom stereocenters. The number of nitrogens with zero attached hydrogens (tertiary/aromatic N) is 2. The first-order valence-corrected chi connectivity index (χ1v) is 8.53. The lowest BCUT2D eigenvalue weighted by atomic mass is 10.2. The molecule has 0 radical (unpaired) electrons. The molecule has 1 N–H and O–H groups in total. The van der Waals surface area contributed by atoms with Gasteiger partial charge in [0.2, 0.25) is 11.7 Å². The van der Waals surface area contributed by atoms with Gasteiger partial charge in [0.15, 0.2) is 6.10 Å². The standard InChI is InChI=1S/C20H21N3O4/c1-13-5-4-6-17(11-13)26-14(2)20(24)21-12-18-22-19(23-27-18)15-7-9-16(25-3)10-8-15/h4-11,14H,12H2,1-3H3,(H,21,24). The molecule has 7 heteroatoms. The molecule has 0 bridgehead atoms. The third kappa shape index (κ3) is 4.84. The molecule has 1 unspecified atom stereocenters. The normalized spacial score (nSPS) is 11.7. The lowest BCUT2D eigenvalue weighted by Gasteiger charge is -2.14. The lowest BCUT2D eigenvalue weighted by molar-refractivity contribution is -0.127. The Kier molecular flexibility index (Phi) is 5.71. The Balaban J connectivity index is 1.55. The van der Waals surface area contributed by atoms with Crippen LogP contribution in [0.3, 0.4) is 0 Å². The van der Waals surface area contributed by atoms with Crippen LogP contribution in [0.5, 0.6) is 11.5 Å². The predicted molar refractivity (Wildman–Crippen MR) is 99.4 cm³/mol. The first kappa shape index (κ1) is 18.4. The van der Waals surface area contributed by atoms with E-state index in [9.17, 15) is 4.79 Å². The van der Waals surface area contributed by atoms with Crippen molar-refractivity contribution in [2.75, 3.05) is 7.11 Å². The van der Waals surface area contributed by atoms with Crippen LogP contribution in [0.2, 0.25) is 0 Å². The van der Waals surface area contributed by atoms with E-state index in [1.807, 2.05) is 55.5 Å². The largest absolute Gasteiger partial charge is 0.497 e. The van der Waals surface area contributed by atoms with E-state index >= 15 is 0 Å². The molecule has 3 aromatic rings. The van der Waals surface area contributed by atoms with Crippen molar-refractivity contribution in [1.29, 1.82) is 0 Å². The molecule has 0 aliphatic carbocycles. The highest BCUT2D eigenvalue weighted by molar-refractivity contribution is 5.80. The third-order valence-corrected chi connectivity index (χ3v) is 3.90. The van der Waals surface area contributed by atoms with E-state index in [-0.39, 0.29) is 12.5 Å². The maximum atomic E-state index is 12.2. The molecule has 1 heterocycles. The minimum atomic E-state index is -0.643. The fraction of sp³-hybridized carbons (Fsp3) is 0.250. The van der Waals surface area contributed by atoms with Crippen LogP contribution in [0, 0.1) is 6.92 Å². The zero-order valence-corrected chi connectivity index (χ0v) is 15.4. The second-order valence-electron chi connectivity index (χ2n) is 6.03. The van der Waals surface area contributed by atoms with E-state index in [4.69, 9.17) is 14.0 Å². The van der Waals surface area contributed by atoms with Crippen LogP contribution in [-0.4, -0.2) is 29.3 Å². The molecule has 7 nitrogen and oxygen atoms in total. The summed E-state index contributed by atoms with van der Waals surface area (Å²) < 4.78 is 16.0. The maximum absolute atomic E-state index is 12.2. The molecule has 0 aliphatic rings. The van der Waals surface area contributed by atoms with Crippen molar-refractivity contribution in [1.82, 2.24) is 15.5 Å². The Hall–Kier alpha value is -3.35. The zero-order valence-electron chi connectivity index (χ0n) is 15.4. The molecule has 0 saturated heterocycles. The second-order valence-corrected chi connectivity index (χ2v) is 6.03. The molecule has 0 aliphatic heterocycles. The summed E-state index contributed by atoms with van der Waals surface area (Å²) in [4.78, 5) is 16.5. The van der Waals surface area contributed by atoms with Gasteiger partial charge in [-0.2, -0.15) is 4.98 Å². The maximum Gasteiger partial charge on any atom is 0.261 e. The molecule has 0 saturated carbocycles. The highest BCUT2D eigenvalue weighted by Crippen LogP contribution is 2.19. The van der Waals surface area contributed by atoms with Gasteiger partial charge < -0.3 is 19.3 Å². The second kappa shape index (κ2) is 8.35. The molecule has 2 aromatic carbocycles. The van der Waals surface area contributed by atoms with Crippen LogP contribution >= 0.6 is 0 Å². The Labute approximate surface area is 157 Å². The number of hydrogen-bond donors (Lipinski definition) is 1. The van der Waals surface area contributed by atoms with Crippen molar-refractivity contribution in [2.45, 2.75) is 26.5 Å². The van der Waals surface area contributed by atoms with Gasteiger partial charge in [-0.15, -0.1) is 0 Å². The molecule has 140 valence electrons. The van der Waals surface area contributed by atoms with Crippen molar-refractivity contribution in [3.05, 3.63) is 60.0 Å². The van der Waals surface area contributed by atoms with Gasteiger partial charge in [-0.1, -0.05) is 17.3 Å². The molecule has 1 aromatic heterocycles. The Morgan fingerprint density at radius 3 is 2.67 bits per heavy atom. The Bertz CT molecular complexity index is 906. The molecule has 0 spiro atoms. The fourth-order valence-electron chi connectivity index (χ4n) is 2.44. The van der Waals surface area contributed by atoms with Crippen molar-refractivity contribution in [3.8, 4) is 22.9 Å². The SMILES string of the molecule is COc1ccc(-c2noc(CNC(=O)C(C)Oc3cccc(C)c3)n2)cc1. The van der Waals surface area contributed by atoms with Gasteiger partial charge in [-0.05, 0) is 55.8 Å². The zero-order chi connectivity index (χ0) is 19.2. The predicted octanol–water partition coefficient (Wildman–Crippen LogP) is 3.14. The Morgan fingerprint density at radius 2 is 1.96 bits per heavy atom. The quantitative estimate of drug-likeness (QED) is 0.690. The average Bonchev–Trinajstić information content (AvgIpc) is 3.15. The number of methoxy groups -OCH3 is 1. The van der Waals surface area contributed by atoms with Gasteiger partial charge in [0.05, 0.1) is 13.7 Å². The van der Waals surface area contributed by atoms with Crippen LogP contribution in [0.1, 0.15) is 18.4 Å². The molecule has 0 fully saturated rings. The van der Waals surface area contributed by atoms with Gasteiger partial charge in [0, 0.05) is 5.56 Å². The van der Waals surface area contributed by atoms with Crippen LogP contribution in [0.15, 0.2) is 53.1 Å². The fourth-order valence-corrected chi connectivity index (χ4v) is 2.44. The summed E-state index contributed by atoms with van der Waals surface area (Å²) in [7, 11) is 1.60. The van der Waals surface area contributed by atoms with E-state index in [2.05, 4.69) is 15.5 Å². The van der Waals surface area contributed by atoms with Crippen molar-refractivity contribution in [2.24, 2.45) is 0 Å². The number of carbonyl (C=O) groups is 1. The van der Waals surface area contributed by atoms with Gasteiger partial charge in [0.25, 0.3) is 5.91 Å². The van der Waals surface area contributed by atoms with Crippen LogP contribution in [0.4, 0.5) is 0 Å². The summed E-state index contributed by atoms with van der Waals surface area (Å²) >= 11 is 0. The van der Waals surface area contributed by atoms with Gasteiger partial charge in [-0.3, -0.25) is 4.79 Å². The van der Waals surface area contributed by atoms with E-state index < -0.39 is 6.10 Å². The lowest BCUT2D eigenvalue weighted by Crippen LogP contribution is -2.36. The monoisotopic (exact) mass is 367 g/mol. The average molecular weight is 367 g/mol. The number of aromatic nitrogens is 2. The van der Waals surface area contributed by atoms with E-state index in [0.29, 0.717) is 17.5 Å². The number of carbonyl (C=O) groups excluding carboxylic acids is 1. The van der Waals surface area contributed by atoms with E-state index in [1.54, 1.807) is 14.0 Å². The smallest absolute Gasteiger partial charge is 0.261 e. The van der Waals surface area contributed by atoms with Crippen molar-refractivity contribution >= 4 is 5.91 Å². The number of nitrogens with one attached hydrogen (secondary N) is 1. The molecule has 27 heavy (non-hydrogen) atoms. The van der Waals surface area contributed by atoms with Crippen molar-refractivity contribution < 1.29 is 18.8 Å². The van der Waals surface area contributed by atoms with Crippen LogP contribution < -0.4 is 14.8 Å². The number of hydrogen-bond acceptors (Lipinski definition) is 6. The summed E-state index contributed by atoms with van der Waals surface area (Å²) in [5.41, 5.74) is 1.87. The highest BCUT2D eigenvalue weighted by atomic mass is 16.5.